The van der Waals surface area contributed by atoms with Gasteiger partial charge in [0, 0.05) is 23.6 Å². The van der Waals surface area contributed by atoms with Crippen LogP contribution in [0.25, 0.3) is 0 Å². The van der Waals surface area contributed by atoms with Gasteiger partial charge in [-0.05, 0) is 46.1 Å². The number of benzene rings is 3. The van der Waals surface area contributed by atoms with Gasteiger partial charge in [0.15, 0.2) is 0 Å². The highest BCUT2D eigenvalue weighted by Crippen LogP contribution is 2.33. The zero-order valence-corrected chi connectivity index (χ0v) is 21.8. The molecule has 0 radical (unpaired) electrons. The predicted octanol–water partition coefficient (Wildman–Crippen LogP) is 6.84. The Balaban J connectivity index is 1.86. The molecule has 4 nitrogen and oxygen atoms in total. The molecule has 0 aromatic heterocycles. The molecule has 0 fully saturated rings. The number of rotatable bonds is 7. The number of aromatic hydroxyl groups is 2. The fraction of sp³-hybridized carbons (Fsp3) is 0.355. The van der Waals surface area contributed by atoms with Gasteiger partial charge in [0.1, 0.15) is 11.5 Å². The summed E-state index contributed by atoms with van der Waals surface area (Å²) in [5.41, 5.74) is 4.06. The Kier molecular flexibility index (Phi) is 8.16. The first-order valence-electron chi connectivity index (χ1n) is 12.2. The van der Waals surface area contributed by atoms with Gasteiger partial charge >= 0.3 is 0 Å². The predicted molar refractivity (Wildman–Crippen MR) is 148 cm³/mol. The molecule has 0 bridgehead atoms. The minimum absolute atomic E-state index is 0.112. The van der Waals surface area contributed by atoms with E-state index < -0.39 is 0 Å². The second kappa shape index (κ2) is 10.9. The quantitative estimate of drug-likeness (QED) is 0.371. The summed E-state index contributed by atoms with van der Waals surface area (Å²) in [5.74, 6) is 0.547. The van der Waals surface area contributed by atoms with Crippen LogP contribution in [0, 0.1) is 0 Å². The highest BCUT2D eigenvalue weighted by Gasteiger charge is 2.20. The first-order valence-corrected chi connectivity index (χ1v) is 12.2. The SMILES string of the molecule is CC(C)(C)c1cccc(C=NC[C@H](Cc2ccccc2)N=Cc2cccc(C(C)(C)C)c2O)c1O. The standard InChI is InChI=1S/C31H38N2O2/c1-30(2,3)26-16-10-14-23(28(26)34)19-32-21-25(18-22-12-8-7-9-13-22)33-20-24-15-11-17-27(29(24)35)31(4,5)6/h7-17,19-20,25,34-35H,18,21H2,1-6H3/t25-/m0/s1. The topological polar surface area (TPSA) is 65.2 Å². The van der Waals surface area contributed by atoms with E-state index in [0.29, 0.717) is 17.7 Å². The van der Waals surface area contributed by atoms with Crippen molar-refractivity contribution in [2.75, 3.05) is 6.54 Å². The van der Waals surface area contributed by atoms with E-state index in [2.05, 4.69) is 58.7 Å². The zero-order chi connectivity index (χ0) is 25.6. The Hall–Kier alpha value is -3.40. The van der Waals surface area contributed by atoms with Crippen LogP contribution in [0.3, 0.4) is 0 Å². The van der Waals surface area contributed by atoms with Gasteiger partial charge in [0.2, 0.25) is 0 Å². The summed E-state index contributed by atoms with van der Waals surface area (Å²) < 4.78 is 0. The second-order valence-corrected chi connectivity index (χ2v) is 11.1. The van der Waals surface area contributed by atoms with Crippen molar-refractivity contribution < 1.29 is 10.2 Å². The molecule has 0 aliphatic carbocycles. The summed E-state index contributed by atoms with van der Waals surface area (Å²) in [7, 11) is 0. The highest BCUT2D eigenvalue weighted by molar-refractivity contribution is 5.85. The molecule has 1 atom stereocenters. The molecule has 0 saturated carbocycles. The van der Waals surface area contributed by atoms with E-state index in [4.69, 9.17) is 4.99 Å². The fourth-order valence-corrected chi connectivity index (χ4v) is 4.05. The number of nitrogens with zero attached hydrogens (tertiary/aromatic N) is 2. The van der Waals surface area contributed by atoms with Gasteiger partial charge in [-0.2, -0.15) is 0 Å². The van der Waals surface area contributed by atoms with Crippen molar-refractivity contribution in [3.63, 3.8) is 0 Å². The lowest BCUT2D eigenvalue weighted by atomic mass is 9.85. The molecule has 3 aromatic carbocycles. The molecule has 0 aliphatic rings. The van der Waals surface area contributed by atoms with Crippen LogP contribution in [-0.2, 0) is 17.3 Å². The fourth-order valence-electron chi connectivity index (χ4n) is 4.05. The summed E-state index contributed by atoms with van der Waals surface area (Å²) in [4.78, 5) is 9.47. The summed E-state index contributed by atoms with van der Waals surface area (Å²) in [6.07, 6.45) is 4.21. The van der Waals surface area contributed by atoms with Gasteiger partial charge in [-0.15, -0.1) is 0 Å². The van der Waals surface area contributed by atoms with E-state index in [1.807, 2.05) is 54.6 Å². The Morgan fingerprint density at radius 3 is 1.71 bits per heavy atom. The average Bonchev–Trinajstić information content (AvgIpc) is 2.78. The molecule has 0 amide bonds. The lowest BCUT2D eigenvalue weighted by Crippen LogP contribution is -2.14. The normalized spacial score (nSPS) is 13.5. The van der Waals surface area contributed by atoms with E-state index in [1.165, 1.54) is 5.56 Å². The Bertz CT molecular complexity index is 1180. The number of phenolic OH excluding ortho intramolecular Hbond substituents is 2. The average molecular weight is 471 g/mol. The van der Waals surface area contributed by atoms with Gasteiger partial charge in [0.05, 0.1) is 12.6 Å². The van der Waals surface area contributed by atoms with Crippen molar-refractivity contribution in [1.29, 1.82) is 0 Å². The second-order valence-electron chi connectivity index (χ2n) is 11.1. The maximum Gasteiger partial charge on any atom is 0.128 e. The van der Waals surface area contributed by atoms with Gasteiger partial charge in [-0.3, -0.25) is 9.98 Å². The van der Waals surface area contributed by atoms with Crippen LogP contribution in [0.4, 0.5) is 0 Å². The first kappa shape index (κ1) is 26.2. The number of phenols is 2. The molecule has 35 heavy (non-hydrogen) atoms. The van der Waals surface area contributed by atoms with E-state index in [-0.39, 0.29) is 28.4 Å². The van der Waals surface area contributed by atoms with Gasteiger partial charge in [-0.1, -0.05) is 96.1 Å². The summed E-state index contributed by atoms with van der Waals surface area (Å²) in [5, 5.41) is 21.6. The van der Waals surface area contributed by atoms with E-state index in [0.717, 1.165) is 17.5 Å². The monoisotopic (exact) mass is 470 g/mol. The highest BCUT2D eigenvalue weighted by atomic mass is 16.3. The van der Waals surface area contributed by atoms with Crippen molar-refractivity contribution in [2.45, 2.75) is 64.8 Å². The summed E-state index contributed by atoms with van der Waals surface area (Å²) in [6, 6.07) is 21.7. The third kappa shape index (κ3) is 7.05. The molecule has 0 unspecified atom stereocenters. The molecular weight excluding hydrogens is 432 g/mol. The maximum atomic E-state index is 10.8. The zero-order valence-electron chi connectivity index (χ0n) is 21.8. The third-order valence-corrected chi connectivity index (χ3v) is 6.04. The van der Waals surface area contributed by atoms with Crippen LogP contribution < -0.4 is 0 Å². The number of aliphatic imine (C=N–C) groups is 2. The van der Waals surface area contributed by atoms with Crippen LogP contribution in [-0.4, -0.2) is 35.2 Å². The largest absolute Gasteiger partial charge is 0.507 e. The molecule has 184 valence electrons. The van der Waals surface area contributed by atoms with E-state index in [9.17, 15) is 10.2 Å². The molecule has 2 N–H and O–H groups in total. The smallest absolute Gasteiger partial charge is 0.128 e. The molecule has 3 aromatic rings. The lowest BCUT2D eigenvalue weighted by molar-refractivity contribution is 0.445. The van der Waals surface area contributed by atoms with E-state index >= 15 is 0 Å². The van der Waals surface area contributed by atoms with Crippen molar-refractivity contribution in [3.8, 4) is 11.5 Å². The van der Waals surface area contributed by atoms with Crippen molar-refractivity contribution >= 4 is 12.4 Å². The maximum absolute atomic E-state index is 10.8. The molecular formula is C31H38N2O2. The van der Waals surface area contributed by atoms with Gasteiger partial charge < -0.3 is 10.2 Å². The molecule has 0 spiro atoms. The number of para-hydroxylation sites is 2. The van der Waals surface area contributed by atoms with Crippen LogP contribution in [0.15, 0.2) is 76.7 Å². The Morgan fingerprint density at radius 2 is 1.20 bits per heavy atom. The van der Waals surface area contributed by atoms with Gasteiger partial charge in [-0.25, -0.2) is 0 Å². The van der Waals surface area contributed by atoms with Crippen LogP contribution in [0.5, 0.6) is 11.5 Å². The lowest BCUT2D eigenvalue weighted by Gasteiger charge is -2.21. The third-order valence-electron chi connectivity index (χ3n) is 6.04. The molecule has 0 saturated heterocycles. The molecule has 0 heterocycles. The van der Waals surface area contributed by atoms with Gasteiger partial charge in [0.25, 0.3) is 0 Å². The molecule has 3 rings (SSSR count). The Labute approximate surface area is 210 Å². The van der Waals surface area contributed by atoms with E-state index in [1.54, 1.807) is 12.4 Å². The summed E-state index contributed by atoms with van der Waals surface area (Å²) in [6.45, 7) is 13.0. The minimum atomic E-state index is -0.161. The van der Waals surface area contributed by atoms with Crippen LogP contribution >= 0.6 is 0 Å². The van der Waals surface area contributed by atoms with Crippen LogP contribution in [0.2, 0.25) is 0 Å². The minimum Gasteiger partial charge on any atom is -0.507 e. The number of hydrogen-bond acceptors (Lipinski definition) is 4. The molecule has 0 aliphatic heterocycles. The van der Waals surface area contributed by atoms with Crippen molar-refractivity contribution in [2.24, 2.45) is 9.98 Å². The number of hydrogen-bond donors (Lipinski definition) is 2. The van der Waals surface area contributed by atoms with Crippen molar-refractivity contribution in [1.82, 2.24) is 0 Å². The molecule has 4 heteroatoms. The Morgan fingerprint density at radius 1 is 0.686 bits per heavy atom. The summed E-state index contributed by atoms with van der Waals surface area (Å²) >= 11 is 0. The first-order chi connectivity index (χ1) is 16.5. The van der Waals surface area contributed by atoms with Crippen LogP contribution in [0.1, 0.15) is 69.4 Å². The van der Waals surface area contributed by atoms with Crippen molar-refractivity contribution in [3.05, 3.63) is 94.5 Å².